The summed E-state index contributed by atoms with van der Waals surface area (Å²) in [7, 11) is 0. The topological polar surface area (TPSA) is 60.4 Å². The van der Waals surface area contributed by atoms with E-state index in [9.17, 15) is 4.79 Å². The molecule has 0 spiro atoms. The molecule has 0 aliphatic carbocycles. The average molecular weight is 211 g/mol. The van der Waals surface area contributed by atoms with Crippen LogP contribution in [0.3, 0.4) is 0 Å². The molecule has 4 heteroatoms. The lowest BCUT2D eigenvalue weighted by Gasteiger charge is -2.04. The molecule has 16 heavy (non-hydrogen) atoms. The number of benzene rings is 1. The highest BCUT2D eigenvalue weighted by Gasteiger charge is 2.03. The SMILES string of the molecule is Nc1cc(=O)n2ccc3ccccc3c2n1. The second kappa shape index (κ2) is 3.06. The van der Waals surface area contributed by atoms with Crippen LogP contribution in [0.15, 0.2) is 47.4 Å². The summed E-state index contributed by atoms with van der Waals surface area (Å²) in [6.07, 6.45) is 1.71. The number of nitrogens with zero attached hydrogens (tertiary/aromatic N) is 2. The van der Waals surface area contributed by atoms with Crippen molar-refractivity contribution in [1.82, 2.24) is 9.38 Å². The van der Waals surface area contributed by atoms with Crippen molar-refractivity contribution >= 4 is 22.2 Å². The van der Waals surface area contributed by atoms with Crippen molar-refractivity contribution in [2.45, 2.75) is 0 Å². The average Bonchev–Trinajstić information content (AvgIpc) is 2.28. The van der Waals surface area contributed by atoms with Crippen molar-refractivity contribution in [3.8, 4) is 0 Å². The van der Waals surface area contributed by atoms with E-state index in [2.05, 4.69) is 4.98 Å². The van der Waals surface area contributed by atoms with Crippen molar-refractivity contribution < 1.29 is 0 Å². The van der Waals surface area contributed by atoms with Crippen LogP contribution in [0.5, 0.6) is 0 Å². The minimum atomic E-state index is -0.159. The van der Waals surface area contributed by atoms with Crippen LogP contribution < -0.4 is 11.3 Å². The standard InChI is InChI=1S/C12H9N3O/c13-10-7-11(16)15-6-5-8-3-1-2-4-9(8)12(15)14-10/h1-7H,13H2. The van der Waals surface area contributed by atoms with Crippen LogP contribution in [-0.2, 0) is 0 Å². The van der Waals surface area contributed by atoms with Gasteiger partial charge in [-0.25, -0.2) is 4.98 Å². The van der Waals surface area contributed by atoms with E-state index in [1.165, 1.54) is 10.5 Å². The molecule has 0 aliphatic heterocycles. The van der Waals surface area contributed by atoms with Gasteiger partial charge in [0.1, 0.15) is 11.5 Å². The van der Waals surface area contributed by atoms with Crippen LogP contribution >= 0.6 is 0 Å². The molecule has 0 atom stereocenters. The number of anilines is 1. The van der Waals surface area contributed by atoms with Crippen molar-refractivity contribution in [2.24, 2.45) is 0 Å². The van der Waals surface area contributed by atoms with Crippen LogP contribution in [0.4, 0.5) is 5.82 Å². The van der Waals surface area contributed by atoms with E-state index in [0.717, 1.165) is 10.8 Å². The minimum Gasteiger partial charge on any atom is -0.383 e. The van der Waals surface area contributed by atoms with Gasteiger partial charge in [0.2, 0.25) is 0 Å². The Hall–Kier alpha value is -2.36. The van der Waals surface area contributed by atoms with Gasteiger partial charge in [-0.05, 0) is 11.5 Å². The third kappa shape index (κ3) is 1.16. The molecule has 0 saturated heterocycles. The van der Waals surface area contributed by atoms with Gasteiger partial charge in [-0.3, -0.25) is 9.20 Å². The number of pyridine rings is 1. The van der Waals surface area contributed by atoms with Gasteiger partial charge in [-0.15, -0.1) is 0 Å². The Kier molecular flexibility index (Phi) is 1.71. The summed E-state index contributed by atoms with van der Waals surface area (Å²) in [6.45, 7) is 0. The molecule has 2 N–H and O–H groups in total. The van der Waals surface area contributed by atoms with Gasteiger partial charge in [0.25, 0.3) is 5.56 Å². The van der Waals surface area contributed by atoms with Crippen LogP contribution in [0.1, 0.15) is 0 Å². The maximum atomic E-state index is 11.7. The van der Waals surface area contributed by atoms with E-state index in [1.807, 2.05) is 30.3 Å². The summed E-state index contributed by atoms with van der Waals surface area (Å²) in [5.74, 6) is 0.251. The number of hydrogen-bond acceptors (Lipinski definition) is 3. The zero-order valence-electron chi connectivity index (χ0n) is 8.42. The number of rotatable bonds is 0. The molecule has 1 aromatic carbocycles. The Morgan fingerprint density at radius 3 is 2.88 bits per heavy atom. The zero-order valence-corrected chi connectivity index (χ0v) is 8.42. The second-order valence-corrected chi connectivity index (χ2v) is 3.62. The fourth-order valence-electron chi connectivity index (χ4n) is 1.84. The van der Waals surface area contributed by atoms with Crippen molar-refractivity contribution in [3.05, 3.63) is 52.9 Å². The molecule has 2 aromatic heterocycles. The van der Waals surface area contributed by atoms with Crippen molar-refractivity contribution in [1.29, 1.82) is 0 Å². The Balaban J connectivity index is 2.65. The van der Waals surface area contributed by atoms with Gasteiger partial charge in [0.05, 0.1) is 0 Å². The highest BCUT2D eigenvalue weighted by atomic mass is 16.1. The number of hydrogen-bond donors (Lipinski definition) is 1. The normalized spacial score (nSPS) is 11.0. The summed E-state index contributed by atoms with van der Waals surface area (Å²) in [6, 6.07) is 11.0. The first-order chi connectivity index (χ1) is 7.75. The van der Waals surface area contributed by atoms with Gasteiger partial charge in [-0.2, -0.15) is 0 Å². The molecular formula is C12H9N3O. The monoisotopic (exact) mass is 211 g/mol. The molecule has 0 radical (unpaired) electrons. The molecule has 0 fully saturated rings. The molecular weight excluding hydrogens is 202 g/mol. The fourth-order valence-corrected chi connectivity index (χ4v) is 1.84. The third-order valence-corrected chi connectivity index (χ3v) is 2.58. The fraction of sp³-hybridized carbons (Fsp3) is 0. The Morgan fingerprint density at radius 1 is 1.19 bits per heavy atom. The van der Waals surface area contributed by atoms with Gasteiger partial charge in [-0.1, -0.05) is 24.3 Å². The summed E-state index contributed by atoms with van der Waals surface area (Å²) >= 11 is 0. The number of fused-ring (bicyclic) bond motifs is 3. The highest BCUT2D eigenvalue weighted by Crippen LogP contribution is 2.17. The summed E-state index contributed by atoms with van der Waals surface area (Å²) in [4.78, 5) is 15.9. The minimum absolute atomic E-state index is 0.159. The molecule has 0 unspecified atom stereocenters. The van der Waals surface area contributed by atoms with Crippen LogP contribution in [0, 0.1) is 0 Å². The largest absolute Gasteiger partial charge is 0.383 e. The van der Waals surface area contributed by atoms with E-state index in [1.54, 1.807) is 6.20 Å². The molecule has 4 nitrogen and oxygen atoms in total. The van der Waals surface area contributed by atoms with E-state index in [-0.39, 0.29) is 11.4 Å². The first kappa shape index (κ1) is 8.91. The Labute approximate surface area is 91.0 Å². The lowest BCUT2D eigenvalue weighted by molar-refractivity contribution is 1.06. The van der Waals surface area contributed by atoms with E-state index in [4.69, 9.17) is 5.73 Å². The summed E-state index contributed by atoms with van der Waals surface area (Å²) < 4.78 is 1.50. The van der Waals surface area contributed by atoms with Crippen molar-refractivity contribution in [3.63, 3.8) is 0 Å². The van der Waals surface area contributed by atoms with E-state index in [0.29, 0.717) is 5.65 Å². The molecule has 78 valence electrons. The lowest BCUT2D eigenvalue weighted by Crippen LogP contribution is -2.15. The molecule has 2 heterocycles. The van der Waals surface area contributed by atoms with E-state index >= 15 is 0 Å². The maximum Gasteiger partial charge on any atom is 0.259 e. The van der Waals surface area contributed by atoms with Crippen LogP contribution in [-0.4, -0.2) is 9.38 Å². The molecule has 3 aromatic rings. The molecule has 0 amide bonds. The molecule has 0 bridgehead atoms. The number of nitrogens with two attached hydrogens (primary N) is 1. The van der Waals surface area contributed by atoms with E-state index < -0.39 is 0 Å². The maximum absolute atomic E-state index is 11.7. The molecule has 0 aliphatic rings. The number of aromatic nitrogens is 2. The Morgan fingerprint density at radius 2 is 2.00 bits per heavy atom. The van der Waals surface area contributed by atoms with Crippen LogP contribution in [0.25, 0.3) is 16.4 Å². The summed E-state index contributed by atoms with van der Waals surface area (Å²) in [5.41, 5.74) is 6.03. The molecule has 0 saturated carbocycles. The third-order valence-electron chi connectivity index (χ3n) is 2.58. The smallest absolute Gasteiger partial charge is 0.259 e. The van der Waals surface area contributed by atoms with Crippen LogP contribution in [0.2, 0.25) is 0 Å². The zero-order chi connectivity index (χ0) is 11.1. The van der Waals surface area contributed by atoms with Crippen molar-refractivity contribution in [2.75, 3.05) is 5.73 Å². The molecule has 3 rings (SSSR count). The van der Waals surface area contributed by atoms with Gasteiger partial charge < -0.3 is 5.73 Å². The predicted octanol–water partition coefficient (Wildman–Crippen LogP) is 1.43. The first-order valence-corrected chi connectivity index (χ1v) is 4.92. The number of nitrogen functional groups attached to an aromatic ring is 1. The lowest BCUT2D eigenvalue weighted by atomic mass is 10.2. The summed E-state index contributed by atoms with van der Waals surface area (Å²) in [5, 5.41) is 1.97. The predicted molar refractivity (Wildman–Crippen MR) is 63.4 cm³/mol. The highest BCUT2D eigenvalue weighted by molar-refractivity contribution is 5.93. The second-order valence-electron chi connectivity index (χ2n) is 3.62. The quantitative estimate of drug-likeness (QED) is 0.572. The first-order valence-electron chi connectivity index (χ1n) is 4.92. The van der Waals surface area contributed by atoms with Gasteiger partial charge in [0, 0.05) is 17.6 Å². The Bertz CT molecular complexity index is 746. The van der Waals surface area contributed by atoms with Gasteiger partial charge in [0.15, 0.2) is 0 Å². The van der Waals surface area contributed by atoms with Gasteiger partial charge >= 0.3 is 0 Å².